The van der Waals surface area contributed by atoms with E-state index in [1.807, 2.05) is 13.8 Å². The quantitative estimate of drug-likeness (QED) is 0.348. The Balaban J connectivity index is 1.37. The number of likely N-dealkylation sites (tertiary alicyclic amines) is 1. The molecule has 1 atom stereocenters. The molecule has 2 fully saturated rings. The zero-order chi connectivity index (χ0) is 32.3. The molecule has 45 heavy (non-hydrogen) atoms. The summed E-state index contributed by atoms with van der Waals surface area (Å²) < 4.78 is 68.1. The highest BCUT2D eigenvalue weighted by Crippen LogP contribution is 2.29. The van der Waals surface area contributed by atoms with Crippen LogP contribution >= 0.6 is 0 Å². The number of halogens is 2. The molecule has 0 saturated carbocycles. The number of rotatable bonds is 9. The smallest absolute Gasteiger partial charge is 0.409 e. The fourth-order valence-corrected chi connectivity index (χ4v) is 6.74. The van der Waals surface area contributed by atoms with Crippen LogP contribution in [0.2, 0.25) is 0 Å². The highest BCUT2D eigenvalue weighted by Gasteiger charge is 2.33. The number of sulfonamides is 1. The van der Waals surface area contributed by atoms with Gasteiger partial charge < -0.3 is 25.0 Å². The molecule has 0 radical (unpaired) electrons. The first-order valence-electron chi connectivity index (χ1n) is 14.6. The SMILES string of the molecule is CC(C)COC(=O)N1CC[C@@H](Oc2c(N3CCN(S(=O)(=O)Cc4ccc(N)cc4)CC3)cnn(-c3cc(F)cc(F)c3)c2=O)C1. The van der Waals surface area contributed by atoms with Gasteiger partial charge in [-0.3, -0.25) is 4.79 Å². The summed E-state index contributed by atoms with van der Waals surface area (Å²) in [5.41, 5.74) is 6.30. The Morgan fingerprint density at radius 3 is 2.36 bits per heavy atom. The number of nitrogen functional groups attached to an aromatic ring is 1. The molecule has 2 aliphatic rings. The van der Waals surface area contributed by atoms with Crippen molar-refractivity contribution in [3.63, 3.8) is 0 Å². The van der Waals surface area contributed by atoms with Gasteiger partial charge in [-0.1, -0.05) is 26.0 Å². The van der Waals surface area contributed by atoms with Crippen LogP contribution in [0.5, 0.6) is 5.75 Å². The van der Waals surface area contributed by atoms with Gasteiger partial charge in [-0.2, -0.15) is 14.1 Å². The second-order valence-corrected chi connectivity index (χ2v) is 13.5. The summed E-state index contributed by atoms with van der Waals surface area (Å²) in [6, 6.07) is 9.29. The van der Waals surface area contributed by atoms with Gasteiger partial charge in [0.15, 0.2) is 0 Å². The lowest BCUT2D eigenvalue weighted by Crippen LogP contribution is -2.49. The fraction of sp³-hybridized carbons (Fsp3) is 0.433. The molecule has 0 spiro atoms. The number of ether oxygens (including phenoxy) is 2. The Kier molecular flexibility index (Phi) is 9.58. The van der Waals surface area contributed by atoms with Crippen molar-refractivity contribution < 1.29 is 31.5 Å². The van der Waals surface area contributed by atoms with E-state index < -0.39 is 39.4 Å². The minimum absolute atomic E-state index is 0.116. The summed E-state index contributed by atoms with van der Waals surface area (Å²) in [6.45, 7) is 5.41. The number of nitrogens with two attached hydrogens (primary N) is 1. The summed E-state index contributed by atoms with van der Waals surface area (Å²) in [7, 11) is -3.63. The van der Waals surface area contributed by atoms with Crippen molar-refractivity contribution in [2.45, 2.75) is 32.1 Å². The molecule has 3 aromatic rings. The Labute approximate surface area is 260 Å². The molecule has 1 aromatic heterocycles. The van der Waals surface area contributed by atoms with Gasteiger partial charge in [0.05, 0.1) is 30.8 Å². The lowest BCUT2D eigenvalue weighted by molar-refractivity contribution is 0.0948. The van der Waals surface area contributed by atoms with Gasteiger partial charge in [-0.25, -0.2) is 22.0 Å². The Hall–Kier alpha value is -4.24. The molecule has 2 N–H and O–H groups in total. The molecule has 0 unspecified atom stereocenters. The zero-order valence-electron chi connectivity index (χ0n) is 25.1. The maximum Gasteiger partial charge on any atom is 0.409 e. The third-order valence-corrected chi connectivity index (χ3v) is 9.39. The molecular weight excluding hydrogens is 610 g/mol. The number of benzene rings is 2. The van der Waals surface area contributed by atoms with Crippen molar-refractivity contribution >= 4 is 27.5 Å². The van der Waals surface area contributed by atoms with Gasteiger partial charge in [-0.15, -0.1) is 0 Å². The number of carbonyl (C=O) groups excluding carboxylic acids is 1. The molecule has 15 heteroatoms. The maximum atomic E-state index is 14.0. The van der Waals surface area contributed by atoms with Crippen LogP contribution in [0, 0.1) is 17.6 Å². The topological polar surface area (TPSA) is 140 Å². The van der Waals surface area contributed by atoms with E-state index in [4.69, 9.17) is 15.2 Å². The first-order valence-corrected chi connectivity index (χ1v) is 16.2. The number of hydrogen-bond acceptors (Lipinski definition) is 9. The molecule has 1 amide bonds. The number of hydrogen-bond donors (Lipinski definition) is 1. The molecule has 12 nitrogen and oxygen atoms in total. The average molecular weight is 647 g/mol. The molecule has 242 valence electrons. The van der Waals surface area contributed by atoms with Gasteiger partial charge in [0.1, 0.15) is 23.4 Å². The van der Waals surface area contributed by atoms with Crippen LogP contribution < -0.4 is 20.9 Å². The van der Waals surface area contributed by atoms with Crippen molar-refractivity contribution in [2.24, 2.45) is 5.92 Å². The first kappa shape index (κ1) is 32.2. The summed E-state index contributed by atoms with van der Waals surface area (Å²) in [5, 5.41) is 4.18. The highest BCUT2D eigenvalue weighted by atomic mass is 32.2. The lowest BCUT2D eigenvalue weighted by Gasteiger charge is -2.36. The maximum absolute atomic E-state index is 14.0. The van der Waals surface area contributed by atoms with E-state index in [9.17, 15) is 26.8 Å². The van der Waals surface area contributed by atoms with Crippen LogP contribution in [0.25, 0.3) is 5.69 Å². The third-order valence-electron chi connectivity index (χ3n) is 7.54. The van der Waals surface area contributed by atoms with Gasteiger partial charge >= 0.3 is 11.7 Å². The Bertz CT molecular complexity index is 1670. The molecule has 0 aliphatic carbocycles. The second kappa shape index (κ2) is 13.4. The Morgan fingerprint density at radius 2 is 1.71 bits per heavy atom. The highest BCUT2D eigenvalue weighted by molar-refractivity contribution is 7.88. The van der Waals surface area contributed by atoms with Crippen LogP contribution in [-0.2, 0) is 20.5 Å². The number of amides is 1. The van der Waals surface area contributed by atoms with Crippen LogP contribution in [0.15, 0.2) is 53.5 Å². The third kappa shape index (κ3) is 7.71. The lowest BCUT2D eigenvalue weighted by atomic mass is 10.2. The number of nitrogens with zero attached hydrogens (tertiary/aromatic N) is 5. The molecular formula is C30H36F2N6O6S. The minimum Gasteiger partial charge on any atom is -0.481 e. The van der Waals surface area contributed by atoms with Crippen molar-refractivity contribution in [2.75, 3.05) is 56.5 Å². The number of carbonyl (C=O) groups is 1. The van der Waals surface area contributed by atoms with E-state index in [2.05, 4.69) is 5.10 Å². The van der Waals surface area contributed by atoms with Crippen molar-refractivity contribution in [1.82, 2.24) is 19.0 Å². The van der Waals surface area contributed by atoms with Crippen LogP contribution in [0.3, 0.4) is 0 Å². The number of aromatic nitrogens is 2. The second-order valence-electron chi connectivity index (χ2n) is 11.5. The van der Waals surface area contributed by atoms with Crippen molar-refractivity contribution in [3.8, 4) is 11.4 Å². The fourth-order valence-electron chi connectivity index (χ4n) is 5.22. The zero-order valence-corrected chi connectivity index (χ0v) is 25.9. The monoisotopic (exact) mass is 646 g/mol. The normalized spacial score (nSPS) is 17.6. The number of anilines is 2. The van der Waals surface area contributed by atoms with Crippen LogP contribution in [0.1, 0.15) is 25.8 Å². The minimum atomic E-state index is -3.63. The summed E-state index contributed by atoms with van der Waals surface area (Å²) >= 11 is 0. The van der Waals surface area contributed by atoms with Gasteiger partial charge in [0, 0.05) is 50.9 Å². The molecule has 2 aromatic carbocycles. The first-order chi connectivity index (χ1) is 21.4. The molecule has 0 bridgehead atoms. The van der Waals surface area contributed by atoms with E-state index >= 15 is 0 Å². The Morgan fingerprint density at radius 1 is 1.04 bits per heavy atom. The van der Waals surface area contributed by atoms with Gasteiger partial charge in [0.25, 0.3) is 0 Å². The van der Waals surface area contributed by atoms with E-state index in [0.29, 0.717) is 36.0 Å². The molecule has 2 saturated heterocycles. The molecule has 2 aliphatic heterocycles. The van der Waals surface area contributed by atoms with E-state index in [1.165, 1.54) is 15.4 Å². The summed E-state index contributed by atoms with van der Waals surface area (Å²) in [6.07, 6.45) is 0.740. The van der Waals surface area contributed by atoms with E-state index in [1.54, 1.807) is 29.2 Å². The standard InChI is InChI=1S/C30H36F2N6O6S/c1-20(2)18-43-30(40)36-8-7-26(17-36)44-28-27(16-34-38(29(28)39)25-14-22(31)13-23(32)15-25)35-9-11-37(12-10-35)45(41,42)19-21-3-5-24(33)6-4-21/h3-6,13-16,20,26H,7-12,17-19,33H2,1-2H3/t26-/m1/s1. The van der Waals surface area contributed by atoms with Gasteiger partial charge in [0.2, 0.25) is 15.8 Å². The molecule has 5 rings (SSSR count). The number of piperazine rings is 1. The summed E-state index contributed by atoms with van der Waals surface area (Å²) in [4.78, 5) is 29.6. The predicted octanol–water partition coefficient (Wildman–Crippen LogP) is 2.99. The largest absolute Gasteiger partial charge is 0.481 e. The van der Waals surface area contributed by atoms with E-state index in [0.717, 1.165) is 16.8 Å². The predicted molar refractivity (Wildman–Crippen MR) is 164 cm³/mol. The van der Waals surface area contributed by atoms with Crippen molar-refractivity contribution in [1.29, 1.82) is 0 Å². The summed E-state index contributed by atoms with van der Waals surface area (Å²) in [5.74, 6) is -1.89. The van der Waals surface area contributed by atoms with Crippen molar-refractivity contribution in [3.05, 3.63) is 76.2 Å². The van der Waals surface area contributed by atoms with E-state index in [-0.39, 0.29) is 62.4 Å². The van der Waals surface area contributed by atoms with Gasteiger partial charge in [-0.05, 0) is 35.7 Å². The average Bonchev–Trinajstić information content (AvgIpc) is 3.46. The molecule has 3 heterocycles. The van der Waals surface area contributed by atoms with Crippen LogP contribution in [0.4, 0.5) is 25.0 Å². The van der Waals surface area contributed by atoms with Crippen LogP contribution in [-0.4, -0.2) is 85.5 Å².